The van der Waals surface area contributed by atoms with Crippen LogP contribution in [0.1, 0.15) is 30.5 Å². The van der Waals surface area contributed by atoms with Crippen molar-refractivity contribution in [1.29, 1.82) is 0 Å². The molecule has 1 heterocycles. The normalized spacial score (nSPS) is 19.3. The molecule has 0 saturated carbocycles. The Labute approximate surface area is 170 Å². The van der Waals surface area contributed by atoms with Crippen molar-refractivity contribution in [2.75, 3.05) is 13.2 Å². The lowest BCUT2D eigenvalue weighted by Crippen LogP contribution is -2.29. The van der Waals surface area contributed by atoms with Gasteiger partial charge in [0.1, 0.15) is 23.9 Å². The Kier molecular flexibility index (Phi) is 6.50. The molecule has 0 aromatic heterocycles. The van der Waals surface area contributed by atoms with Gasteiger partial charge in [-0.15, -0.1) is 13.2 Å². The number of carbonyl (C=O) groups is 1. The average Bonchev–Trinajstić information content (AvgIpc) is 2.94. The van der Waals surface area contributed by atoms with E-state index < -0.39 is 18.2 Å². The van der Waals surface area contributed by atoms with E-state index in [4.69, 9.17) is 9.84 Å². The van der Waals surface area contributed by atoms with Crippen molar-refractivity contribution in [3.05, 3.63) is 59.4 Å². The zero-order valence-electron chi connectivity index (χ0n) is 16.2. The van der Waals surface area contributed by atoms with E-state index >= 15 is 0 Å². The Morgan fingerprint density at radius 3 is 2.50 bits per heavy atom. The van der Waals surface area contributed by atoms with Gasteiger partial charge >= 0.3 is 6.36 Å². The molecule has 2 unspecified atom stereocenters. The number of nitrogens with zero attached hydrogens (tertiary/aromatic N) is 1. The van der Waals surface area contributed by atoms with Crippen LogP contribution in [0.5, 0.6) is 11.5 Å². The number of hydrogen-bond acceptors (Lipinski definition) is 4. The fourth-order valence-corrected chi connectivity index (χ4v) is 3.58. The highest BCUT2D eigenvalue weighted by atomic mass is 19.4. The maximum Gasteiger partial charge on any atom is 0.573 e. The zero-order chi connectivity index (χ0) is 21.9. The van der Waals surface area contributed by atoms with Crippen molar-refractivity contribution in [2.45, 2.75) is 32.3 Å². The van der Waals surface area contributed by atoms with Gasteiger partial charge in [0.15, 0.2) is 0 Å². The lowest BCUT2D eigenvalue weighted by atomic mass is 9.99. The van der Waals surface area contributed by atoms with Crippen LogP contribution in [0.2, 0.25) is 0 Å². The first-order valence-electron chi connectivity index (χ1n) is 9.37. The topological polar surface area (TPSA) is 59.0 Å². The summed E-state index contributed by atoms with van der Waals surface area (Å²) in [5.74, 6) is -1.19. The number of benzene rings is 2. The SMILES string of the molecule is CC1CC(c2c(F)cccc2OCCO)N(Cc2ccc(OC(F)(F)F)cc2)C1=O. The Morgan fingerprint density at radius 2 is 1.87 bits per heavy atom. The van der Waals surface area contributed by atoms with Gasteiger partial charge in [-0.3, -0.25) is 4.79 Å². The molecule has 1 aliphatic heterocycles. The Morgan fingerprint density at radius 1 is 1.17 bits per heavy atom. The van der Waals surface area contributed by atoms with Crippen LogP contribution in [-0.4, -0.2) is 35.5 Å². The van der Waals surface area contributed by atoms with E-state index in [9.17, 15) is 22.4 Å². The van der Waals surface area contributed by atoms with Gasteiger partial charge in [-0.1, -0.05) is 25.1 Å². The number of hydrogen-bond donors (Lipinski definition) is 1. The Bertz CT molecular complexity index is 886. The number of alkyl halides is 3. The average molecular weight is 427 g/mol. The number of carbonyl (C=O) groups excluding carboxylic acids is 1. The highest BCUT2D eigenvalue weighted by molar-refractivity contribution is 5.81. The molecule has 2 atom stereocenters. The summed E-state index contributed by atoms with van der Waals surface area (Å²) in [6.45, 7) is 1.57. The van der Waals surface area contributed by atoms with Crippen LogP contribution in [-0.2, 0) is 11.3 Å². The molecule has 162 valence electrons. The number of amides is 1. The minimum atomic E-state index is -4.79. The molecular weight excluding hydrogens is 406 g/mol. The van der Waals surface area contributed by atoms with Crippen LogP contribution in [0, 0.1) is 11.7 Å². The molecule has 0 spiro atoms. The van der Waals surface area contributed by atoms with Gasteiger partial charge in [-0.2, -0.15) is 0 Å². The van der Waals surface area contributed by atoms with Crippen LogP contribution in [0.15, 0.2) is 42.5 Å². The number of aliphatic hydroxyl groups excluding tert-OH is 1. The molecule has 1 fully saturated rings. The quantitative estimate of drug-likeness (QED) is 0.673. The lowest BCUT2D eigenvalue weighted by molar-refractivity contribution is -0.274. The van der Waals surface area contributed by atoms with Crippen molar-refractivity contribution < 1.29 is 36.9 Å². The van der Waals surface area contributed by atoms with Crippen LogP contribution in [0.25, 0.3) is 0 Å². The standard InChI is InChI=1S/C21H21F4NO4/c1-13-11-17(19-16(22)3-2-4-18(19)29-10-9-27)26(20(13)28)12-14-5-7-15(8-6-14)30-21(23,24)25/h2-8,13,17,27H,9-12H2,1H3. The first-order valence-corrected chi connectivity index (χ1v) is 9.37. The molecule has 2 aromatic rings. The summed E-state index contributed by atoms with van der Waals surface area (Å²) in [4.78, 5) is 14.2. The highest BCUT2D eigenvalue weighted by Gasteiger charge is 2.40. The summed E-state index contributed by atoms with van der Waals surface area (Å²) < 4.78 is 61.0. The third-order valence-electron chi connectivity index (χ3n) is 4.86. The number of rotatable bonds is 7. The minimum absolute atomic E-state index is 0.0205. The van der Waals surface area contributed by atoms with Crippen molar-refractivity contribution >= 4 is 5.91 Å². The smallest absolute Gasteiger partial charge is 0.491 e. The van der Waals surface area contributed by atoms with Gasteiger partial charge in [0.2, 0.25) is 5.91 Å². The summed E-state index contributed by atoms with van der Waals surface area (Å²) >= 11 is 0. The second-order valence-electron chi connectivity index (χ2n) is 7.03. The maximum absolute atomic E-state index is 14.7. The number of aliphatic hydroxyl groups is 1. The fraction of sp³-hybridized carbons (Fsp3) is 0.381. The molecule has 1 amide bonds. The molecule has 30 heavy (non-hydrogen) atoms. The zero-order valence-corrected chi connectivity index (χ0v) is 16.2. The molecule has 1 N–H and O–H groups in total. The van der Waals surface area contributed by atoms with Gasteiger partial charge in [-0.05, 0) is 36.2 Å². The first kappa shape index (κ1) is 21.9. The molecule has 5 nitrogen and oxygen atoms in total. The minimum Gasteiger partial charge on any atom is -0.491 e. The summed E-state index contributed by atoms with van der Waals surface area (Å²) in [5, 5.41) is 9.01. The van der Waals surface area contributed by atoms with Gasteiger partial charge in [0.05, 0.1) is 18.2 Å². The Balaban J connectivity index is 1.86. The summed E-state index contributed by atoms with van der Waals surface area (Å²) in [5.41, 5.74) is 0.798. The highest BCUT2D eigenvalue weighted by Crippen LogP contribution is 2.42. The van der Waals surface area contributed by atoms with Crippen LogP contribution < -0.4 is 9.47 Å². The third-order valence-corrected chi connectivity index (χ3v) is 4.86. The van der Waals surface area contributed by atoms with E-state index in [2.05, 4.69) is 4.74 Å². The molecule has 0 radical (unpaired) electrons. The Hall–Kier alpha value is -2.81. The monoisotopic (exact) mass is 427 g/mol. The van der Waals surface area contributed by atoms with Crippen molar-refractivity contribution in [2.24, 2.45) is 5.92 Å². The molecule has 0 aliphatic carbocycles. The summed E-state index contributed by atoms with van der Waals surface area (Å²) in [6.07, 6.45) is -4.42. The molecule has 3 rings (SSSR count). The fourth-order valence-electron chi connectivity index (χ4n) is 3.58. The first-order chi connectivity index (χ1) is 14.2. The van der Waals surface area contributed by atoms with Crippen LogP contribution in [0.3, 0.4) is 0 Å². The van der Waals surface area contributed by atoms with E-state index in [1.807, 2.05) is 0 Å². The van der Waals surface area contributed by atoms with Gasteiger partial charge in [0, 0.05) is 12.5 Å². The van der Waals surface area contributed by atoms with Crippen molar-refractivity contribution in [3.63, 3.8) is 0 Å². The predicted octanol–water partition coefficient (Wildman–Crippen LogP) is 4.21. The number of ether oxygens (including phenoxy) is 2. The second kappa shape index (κ2) is 8.91. The molecule has 1 aliphatic rings. The molecular formula is C21H21F4NO4. The van der Waals surface area contributed by atoms with E-state index in [0.29, 0.717) is 12.0 Å². The lowest BCUT2D eigenvalue weighted by Gasteiger charge is -2.27. The third kappa shape index (κ3) is 5.02. The van der Waals surface area contributed by atoms with Crippen molar-refractivity contribution in [1.82, 2.24) is 4.90 Å². The molecule has 9 heteroatoms. The van der Waals surface area contributed by atoms with Gasteiger partial charge in [-0.25, -0.2) is 4.39 Å². The predicted molar refractivity (Wildman–Crippen MR) is 99.2 cm³/mol. The molecule has 0 bridgehead atoms. The molecule has 1 saturated heterocycles. The number of likely N-dealkylation sites (tertiary alicyclic amines) is 1. The number of halogens is 4. The summed E-state index contributed by atoms with van der Waals surface area (Å²) in [7, 11) is 0. The van der Waals surface area contributed by atoms with Gasteiger partial charge < -0.3 is 19.5 Å². The summed E-state index contributed by atoms with van der Waals surface area (Å²) in [6, 6.07) is 8.92. The van der Waals surface area contributed by atoms with E-state index in [-0.39, 0.29) is 48.6 Å². The van der Waals surface area contributed by atoms with E-state index in [0.717, 1.165) is 0 Å². The molecule has 2 aromatic carbocycles. The largest absolute Gasteiger partial charge is 0.573 e. The van der Waals surface area contributed by atoms with Crippen LogP contribution >= 0.6 is 0 Å². The second-order valence-corrected chi connectivity index (χ2v) is 7.03. The van der Waals surface area contributed by atoms with Crippen molar-refractivity contribution in [3.8, 4) is 11.5 Å². The van der Waals surface area contributed by atoms with Crippen LogP contribution in [0.4, 0.5) is 17.6 Å². The van der Waals surface area contributed by atoms with Gasteiger partial charge in [0.25, 0.3) is 0 Å². The van der Waals surface area contributed by atoms with E-state index in [1.165, 1.54) is 41.3 Å². The maximum atomic E-state index is 14.7. The van der Waals surface area contributed by atoms with E-state index in [1.54, 1.807) is 13.0 Å².